The van der Waals surface area contributed by atoms with Crippen LogP contribution in [0.15, 0.2) is 45.9 Å². The third kappa shape index (κ3) is 4.60. The molecule has 0 saturated heterocycles. The van der Waals surface area contributed by atoms with Gasteiger partial charge in [0.2, 0.25) is 17.7 Å². The van der Waals surface area contributed by atoms with E-state index in [1.165, 1.54) is 0 Å². The molecule has 3 aromatic heterocycles. The number of nitrogens with zero attached hydrogens (tertiary/aromatic N) is 5. The molecule has 1 amide bonds. The lowest BCUT2D eigenvalue weighted by Gasteiger charge is -2.22. The number of likely N-dealkylation sites (N-methyl/N-ethyl adjacent to an activating group) is 1. The Balaban J connectivity index is 1.47. The smallest absolute Gasteiger partial charge is 0.226 e. The Bertz CT molecular complexity index is 1390. The lowest BCUT2D eigenvalue weighted by atomic mass is 9.87. The Labute approximate surface area is 217 Å². The highest BCUT2D eigenvalue weighted by Crippen LogP contribution is 2.39. The van der Waals surface area contributed by atoms with Crippen LogP contribution >= 0.6 is 15.9 Å². The summed E-state index contributed by atoms with van der Waals surface area (Å²) < 4.78 is 8.05. The van der Waals surface area contributed by atoms with Gasteiger partial charge in [-0.2, -0.15) is 10.1 Å². The van der Waals surface area contributed by atoms with Crippen molar-refractivity contribution in [2.45, 2.75) is 38.6 Å². The molecular formula is C25H29BrN8O2. The van der Waals surface area contributed by atoms with E-state index in [0.29, 0.717) is 22.1 Å². The van der Waals surface area contributed by atoms with Crippen molar-refractivity contribution in [2.75, 3.05) is 26.0 Å². The maximum atomic E-state index is 12.3. The van der Waals surface area contributed by atoms with Crippen LogP contribution in [-0.4, -0.2) is 57.3 Å². The van der Waals surface area contributed by atoms with Crippen molar-refractivity contribution in [1.29, 1.82) is 0 Å². The van der Waals surface area contributed by atoms with Crippen LogP contribution in [0.2, 0.25) is 0 Å². The van der Waals surface area contributed by atoms with Gasteiger partial charge in [-0.3, -0.25) is 4.79 Å². The van der Waals surface area contributed by atoms with E-state index < -0.39 is 0 Å². The highest BCUT2D eigenvalue weighted by Gasteiger charge is 2.41. The molecule has 11 heteroatoms. The minimum absolute atomic E-state index is 0.0763. The van der Waals surface area contributed by atoms with Gasteiger partial charge >= 0.3 is 0 Å². The molecule has 3 N–H and O–H groups in total. The van der Waals surface area contributed by atoms with Crippen molar-refractivity contribution >= 4 is 38.8 Å². The van der Waals surface area contributed by atoms with Crippen molar-refractivity contribution in [2.24, 2.45) is 5.41 Å². The lowest BCUT2D eigenvalue weighted by molar-refractivity contribution is -0.129. The van der Waals surface area contributed by atoms with E-state index in [-0.39, 0.29) is 17.4 Å². The summed E-state index contributed by atoms with van der Waals surface area (Å²) in [6, 6.07) is 6.21. The first kappa shape index (κ1) is 24.4. The van der Waals surface area contributed by atoms with Gasteiger partial charge in [-0.05, 0) is 79.0 Å². The van der Waals surface area contributed by atoms with Crippen LogP contribution in [0.25, 0.3) is 28.2 Å². The Morgan fingerprint density at radius 1 is 1.31 bits per heavy atom. The van der Waals surface area contributed by atoms with Crippen LogP contribution in [0.5, 0.6) is 0 Å². The number of oxazole rings is 1. The average Bonchev–Trinajstić information content (AvgIpc) is 3.62. The van der Waals surface area contributed by atoms with Gasteiger partial charge in [-0.1, -0.05) is 6.92 Å². The normalized spacial score (nSPS) is 19.6. The molecular weight excluding hydrogens is 524 g/mol. The summed E-state index contributed by atoms with van der Waals surface area (Å²) >= 11 is 3.56. The van der Waals surface area contributed by atoms with Gasteiger partial charge < -0.3 is 20.4 Å². The number of amides is 1. The van der Waals surface area contributed by atoms with Crippen LogP contribution < -0.4 is 16.0 Å². The Hall–Kier alpha value is -3.31. The molecule has 0 aliphatic heterocycles. The summed E-state index contributed by atoms with van der Waals surface area (Å²) in [5.74, 6) is 1.19. The standard InChI is InChI=1S/C25H29BrN8O2/c1-25(23(35)28-3)8-6-16(13-25)31-24-30-14-19-20(26)33-34(21(19)32-24)17-4-5-18(22-29-10-11-36-22)15(12-17)7-9-27-2/h4-5,10-12,14,16,27H,6-9,13H2,1-3H3,(H,28,35)(H,30,31,32)/t16-,25-/m1/s1. The van der Waals surface area contributed by atoms with Gasteiger partial charge in [0.15, 0.2) is 5.65 Å². The molecule has 36 heavy (non-hydrogen) atoms. The zero-order chi connectivity index (χ0) is 25.3. The molecule has 1 aliphatic rings. The molecule has 0 unspecified atom stereocenters. The number of halogens is 1. The van der Waals surface area contributed by atoms with Gasteiger partial charge in [0, 0.05) is 30.3 Å². The quantitative estimate of drug-likeness (QED) is 0.302. The molecule has 4 aromatic rings. The summed E-state index contributed by atoms with van der Waals surface area (Å²) in [5, 5.41) is 14.9. The first-order valence-electron chi connectivity index (χ1n) is 12.0. The number of benzene rings is 1. The average molecular weight is 553 g/mol. The van der Waals surface area contributed by atoms with Crippen molar-refractivity contribution in [3.8, 4) is 17.1 Å². The summed E-state index contributed by atoms with van der Waals surface area (Å²) in [4.78, 5) is 26.0. The number of nitrogens with one attached hydrogen (secondary N) is 3. The first-order chi connectivity index (χ1) is 17.4. The molecule has 0 bridgehead atoms. The van der Waals surface area contributed by atoms with E-state index in [0.717, 1.165) is 54.4 Å². The minimum Gasteiger partial charge on any atom is -0.445 e. The number of anilines is 1. The highest BCUT2D eigenvalue weighted by atomic mass is 79.9. The predicted molar refractivity (Wildman–Crippen MR) is 141 cm³/mol. The van der Waals surface area contributed by atoms with E-state index >= 15 is 0 Å². The summed E-state index contributed by atoms with van der Waals surface area (Å²) in [6.07, 6.45) is 8.23. The molecule has 10 nitrogen and oxygen atoms in total. The van der Waals surface area contributed by atoms with E-state index in [1.54, 1.807) is 25.7 Å². The molecule has 0 radical (unpaired) electrons. The van der Waals surface area contributed by atoms with Crippen molar-refractivity contribution in [1.82, 2.24) is 35.4 Å². The monoisotopic (exact) mass is 552 g/mol. The number of hydrogen-bond acceptors (Lipinski definition) is 8. The van der Waals surface area contributed by atoms with Gasteiger partial charge in [0.05, 0.1) is 17.3 Å². The second-order valence-electron chi connectivity index (χ2n) is 9.39. The lowest BCUT2D eigenvalue weighted by Crippen LogP contribution is -2.35. The van der Waals surface area contributed by atoms with Crippen molar-refractivity contribution in [3.05, 3.63) is 47.0 Å². The fourth-order valence-electron chi connectivity index (χ4n) is 4.92. The number of aromatic nitrogens is 5. The molecule has 188 valence electrons. The molecule has 0 spiro atoms. The van der Waals surface area contributed by atoms with Crippen LogP contribution in [0.1, 0.15) is 31.7 Å². The zero-order valence-corrected chi connectivity index (χ0v) is 22.1. The maximum Gasteiger partial charge on any atom is 0.226 e. The Morgan fingerprint density at radius 3 is 2.92 bits per heavy atom. The number of hydrogen-bond donors (Lipinski definition) is 3. The van der Waals surface area contributed by atoms with E-state index in [2.05, 4.69) is 47.9 Å². The Morgan fingerprint density at radius 2 is 2.17 bits per heavy atom. The molecule has 1 saturated carbocycles. The highest BCUT2D eigenvalue weighted by molar-refractivity contribution is 9.10. The maximum absolute atomic E-state index is 12.3. The number of fused-ring (bicyclic) bond motifs is 1. The van der Waals surface area contributed by atoms with Gasteiger partial charge in [-0.25, -0.2) is 14.6 Å². The summed E-state index contributed by atoms with van der Waals surface area (Å²) in [7, 11) is 3.62. The number of carbonyl (C=O) groups excluding carboxylic acids is 1. The molecule has 1 aliphatic carbocycles. The Kier molecular flexibility index (Phi) is 6.76. The fraction of sp³-hybridized carbons (Fsp3) is 0.400. The first-order valence-corrected chi connectivity index (χ1v) is 12.8. The molecule has 5 rings (SSSR count). The van der Waals surface area contributed by atoms with Crippen molar-refractivity contribution < 1.29 is 9.21 Å². The molecule has 3 heterocycles. The predicted octanol–water partition coefficient (Wildman–Crippen LogP) is 3.71. The largest absolute Gasteiger partial charge is 0.445 e. The van der Waals surface area contributed by atoms with E-state index in [9.17, 15) is 4.79 Å². The third-order valence-corrected chi connectivity index (χ3v) is 7.46. The summed E-state index contributed by atoms with van der Waals surface area (Å²) in [6.45, 7) is 2.82. The molecule has 1 fully saturated rings. The zero-order valence-electron chi connectivity index (χ0n) is 20.5. The molecule has 2 atom stereocenters. The van der Waals surface area contributed by atoms with Crippen LogP contribution in [-0.2, 0) is 11.2 Å². The fourth-order valence-corrected chi connectivity index (χ4v) is 5.35. The van der Waals surface area contributed by atoms with Gasteiger partial charge in [-0.15, -0.1) is 0 Å². The number of rotatable bonds is 8. The van der Waals surface area contributed by atoms with Crippen LogP contribution in [0.4, 0.5) is 5.95 Å². The second-order valence-corrected chi connectivity index (χ2v) is 10.1. The minimum atomic E-state index is -0.379. The van der Waals surface area contributed by atoms with Gasteiger partial charge in [0.25, 0.3) is 0 Å². The SMILES string of the molecule is CNCCc1cc(-n2nc(Br)c3cnc(N[C@@H]4CC[C@@](C)(C(=O)NC)C4)nc32)ccc1-c1ncco1. The van der Waals surface area contributed by atoms with Crippen LogP contribution in [0, 0.1) is 5.41 Å². The third-order valence-electron chi connectivity index (χ3n) is 6.87. The van der Waals surface area contributed by atoms with E-state index in [4.69, 9.17) is 14.5 Å². The van der Waals surface area contributed by atoms with Crippen molar-refractivity contribution in [3.63, 3.8) is 0 Å². The van der Waals surface area contributed by atoms with Crippen LogP contribution in [0.3, 0.4) is 0 Å². The number of carbonyl (C=O) groups is 1. The second kappa shape index (κ2) is 9.98. The molecule has 1 aromatic carbocycles. The summed E-state index contributed by atoms with van der Waals surface area (Å²) in [5.41, 5.74) is 3.23. The van der Waals surface area contributed by atoms with E-state index in [1.807, 2.05) is 30.8 Å². The topological polar surface area (TPSA) is 123 Å². The van der Waals surface area contributed by atoms with Gasteiger partial charge in [0.1, 0.15) is 10.9 Å².